The molecule has 1 saturated carbocycles. The smallest absolute Gasteiger partial charge is 0.248 e. The fourth-order valence-corrected chi connectivity index (χ4v) is 3.74. The highest BCUT2D eigenvalue weighted by molar-refractivity contribution is 5.98. The third-order valence-corrected chi connectivity index (χ3v) is 4.86. The molecule has 5 nitrogen and oxygen atoms in total. The van der Waals surface area contributed by atoms with Crippen LogP contribution in [0.4, 0.5) is 0 Å². The molecule has 0 bridgehead atoms. The van der Waals surface area contributed by atoms with Crippen LogP contribution in [0.2, 0.25) is 0 Å². The molecule has 3 fully saturated rings. The molecule has 3 aliphatic rings. The Balaban J connectivity index is 1.60. The number of hydrogen-bond donors (Lipinski definition) is 1. The number of carbonyl (C=O) groups is 2. The molecule has 1 N–H and O–H groups in total. The lowest BCUT2D eigenvalue weighted by Crippen LogP contribution is -2.65. The van der Waals surface area contributed by atoms with Crippen molar-refractivity contribution in [1.29, 1.82) is 0 Å². The fraction of sp³-hybridized carbons (Fsp3) is 0.867. The number of hydrogen-bond acceptors (Lipinski definition) is 3. The SMILES string of the molecule is O=C1CN(CCC2CCCCO2)C(=O)C2(CCCC2)N1. The molecule has 1 aliphatic carbocycles. The zero-order chi connectivity index (χ0) is 14.0. The molecule has 1 atom stereocenters. The van der Waals surface area contributed by atoms with E-state index in [4.69, 9.17) is 4.74 Å². The van der Waals surface area contributed by atoms with Crippen molar-refractivity contribution in [3.8, 4) is 0 Å². The molecule has 1 unspecified atom stereocenters. The highest BCUT2D eigenvalue weighted by Gasteiger charge is 2.48. The summed E-state index contributed by atoms with van der Waals surface area (Å²) < 4.78 is 5.71. The molecule has 1 spiro atoms. The molecule has 5 heteroatoms. The summed E-state index contributed by atoms with van der Waals surface area (Å²) in [5.41, 5.74) is -0.581. The van der Waals surface area contributed by atoms with E-state index < -0.39 is 5.54 Å². The second kappa shape index (κ2) is 5.72. The van der Waals surface area contributed by atoms with Crippen LogP contribution in [0.3, 0.4) is 0 Å². The number of nitrogens with one attached hydrogen (secondary N) is 1. The maximum absolute atomic E-state index is 12.6. The first-order chi connectivity index (χ1) is 9.70. The Labute approximate surface area is 120 Å². The first-order valence-electron chi connectivity index (χ1n) is 7.92. The van der Waals surface area contributed by atoms with Crippen LogP contribution in [0.25, 0.3) is 0 Å². The van der Waals surface area contributed by atoms with Gasteiger partial charge in [-0.3, -0.25) is 9.59 Å². The van der Waals surface area contributed by atoms with Gasteiger partial charge in [0.2, 0.25) is 11.8 Å². The zero-order valence-electron chi connectivity index (χ0n) is 12.0. The molecule has 0 aromatic heterocycles. The minimum Gasteiger partial charge on any atom is -0.378 e. The van der Waals surface area contributed by atoms with Gasteiger partial charge in [0.05, 0.1) is 12.6 Å². The maximum Gasteiger partial charge on any atom is 0.248 e. The number of nitrogens with zero attached hydrogens (tertiary/aromatic N) is 1. The number of ether oxygens (including phenoxy) is 1. The van der Waals surface area contributed by atoms with Gasteiger partial charge in [0.25, 0.3) is 0 Å². The molecule has 0 aromatic carbocycles. The van der Waals surface area contributed by atoms with Crippen LogP contribution < -0.4 is 5.32 Å². The average Bonchev–Trinajstić information content (AvgIpc) is 2.92. The van der Waals surface area contributed by atoms with Crippen molar-refractivity contribution < 1.29 is 14.3 Å². The van der Waals surface area contributed by atoms with Gasteiger partial charge in [-0.1, -0.05) is 12.8 Å². The van der Waals surface area contributed by atoms with Gasteiger partial charge in [-0.25, -0.2) is 0 Å². The van der Waals surface area contributed by atoms with E-state index in [1.807, 2.05) is 0 Å². The lowest BCUT2D eigenvalue weighted by molar-refractivity contribution is -0.150. The molecule has 0 radical (unpaired) electrons. The molecule has 0 aromatic rings. The Bertz CT molecular complexity index is 385. The van der Waals surface area contributed by atoms with E-state index >= 15 is 0 Å². The summed E-state index contributed by atoms with van der Waals surface area (Å²) in [7, 11) is 0. The number of amides is 2. The van der Waals surface area contributed by atoms with Crippen LogP contribution in [0.15, 0.2) is 0 Å². The minimum atomic E-state index is -0.581. The van der Waals surface area contributed by atoms with Gasteiger partial charge in [0, 0.05) is 13.2 Å². The van der Waals surface area contributed by atoms with Gasteiger partial charge in [0.1, 0.15) is 5.54 Å². The van der Waals surface area contributed by atoms with Crippen molar-refractivity contribution in [2.45, 2.75) is 63.0 Å². The molecule has 2 heterocycles. The van der Waals surface area contributed by atoms with Crippen LogP contribution in [-0.2, 0) is 14.3 Å². The summed E-state index contributed by atoms with van der Waals surface area (Å²) in [5, 5.41) is 2.95. The molecular weight excluding hydrogens is 256 g/mol. The molecule has 112 valence electrons. The Morgan fingerprint density at radius 2 is 2.00 bits per heavy atom. The van der Waals surface area contributed by atoms with E-state index in [-0.39, 0.29) is 24.5 Å². The lowest BCUT2D eigenvalue weighted by atomic mass is 9.92. The summed E-state index contributed by atoms with van der Waals surface area (Å²) in [5.74, 6) is 0.126. The Hall–Kier alpha value is -1.10. The lowest BCUT2D eigenvalue weighted by Gasteiger charge is -2.40. The minimum absolute atomic E-state index is 0.00365. The van der Waals surface area contributed by atoms with E-state index in [1.165, 1.54) is 6.42 Å². The van der Waals surface area contributed by atoms with Crippen molar-refractivity contribution >= 4 is 11.8 Å². The zero-order valence-corrected chi connectivity index (χ0v) is 12.0. The molecule has 2 amide bonds. The Kier molecular flexibility index (Phi) is 3.96. The van der Waals surface area contributed by atoms with Gasteiger partial charge in [0.15, 0.2) is 0 Å². The highest BCUT2D eigenvalue weighted by atomic mass is 16.5. The first-order valence-corrected chi connectivity index (χ1v) is 7.92. The van der Waals surface area contributed by atoms with Crippen LogP contribution in [0.5, 0.6) is 0 Å². The summed E-state index contributed by atoms with van der Waals surface area (Å²) in [6.45, 7) is 1.70. The molecule has 2 saturated heterocycles. The third-order valence-electron chi connectivity index (χ3n) is 4.86. The summed E-state index contributed by atoms with van der Waals surface area (Å²) in [6, 6.07) is 0. The first kappa shape index (κ1) is 13.9. The van der Waals surface area contributed by atoms with E-state index in [9.17, 15) is 9.59 Å². The van der Waals surface area contributed by atoms with Crippen LogP contribution in [0, 0.1) is 0 Å². The number of piperazine rings is 1. The summed E-state index contributed by atoms with van der Waals surface area (Å²) in [6.07, 6.45) is 8.22. The molecular formula is C15H24N2O3. The van der Waals surface area contributed by atoms with Gasteiger partial charge in [-0.2, -0.15) is 0 Å². The Morgan fingerprint density at radius 1 is 1.20 bits per heavy atom. The second-order valence-electron chi connectivity index (χ2n) is 6.34. The number of carbonyl (C=O) groups excluding carboxylic acids is 2. The number of rotatable bonds is 3. The van der Waals surface area contributed by atoms with E-state index in [2.05, 4.69) is 5.32 Å². The third kappa shape index (κ3) is 2.68. The van der Waals surface area contributed by atoms with Gasteiger partial charge in [-0.15, -0.1) is 0 Å². The molecule has 20 heavy (non-hydrogen) atoms. The van der Waals surface area contributed by atoms with E-state index in [0.29, 0.717) is 6.54 Å². The van der Waals surface area contributed by atoms with Gasteiger partial charge in [-0.05, 0) is 38.5 Å². The fourth-order valence-electron chi connectivity index (χ4n) is 3.74. The summed E-state index contributed by atoms with van der Waals surface area (Å²) in [4.78, 5) is 26.3. The van der Waals surface area contributed by atoms with E-state index in [0.717, 1.165) is 51.6 Å². The van der Waals surface area contributed by atoms with E-state index in [1.54, 1.807) is 4.90 Å². The van der Waals surface area contributed by atoms with Crippen molar-refractivity contribution in [3.63, 3.8) is 0 Å². The maximum atomic E-state index is 12.6. The van der Waals surface area contributed by atoms with Crippen molar-refractivity contribution in [2.24, 2.45) is 0 Å². The quantitative estimate of drug-likeness (QED) is 0.845. The van der Waals surface area contributed by atoms with Gasteiger partial charge < -0.3 is 15.0 Å². The monoisotopic (exact) mass is 280 g/mol. The normalized spacial score (nSPS) is 29.8. The van der Waals surface area contributed by atoms with Gasteiger partial charge >= 0.3 is 0 Å². The highest BCUT2D eigenvalue weighted by Crippen LogP contribution is 2.33. The predicted molar refractivity (Wildman–Crippen MR) is 74.1 cm³/mol. The van der Waals surface area contributed by atoms with Crippen molar-refractivity contribution in [2.75, 3.05) is 19.7 Å². The average molecular weight is 280 g/mol. The largest absolute Gasteiger partial charge is 0.378 e. The summed E-state index contributed by atoms with van der Waals surface area (Å²) >= 11 is 0. The molecule has 2 aliphatic heterocycles. The predicted octanol–water partition coefficient (Wildman–Crippen LogP) is 1.22. The van der Waals surface area contributed by atoms with Crippen molar-refractivity contribution in [3.05, 3.63) is 0 Å². The standard InChI is InChI=1S/C15H24N2O3/c18-13-11-17(9-6-12-5-1-4-10-20-12)14(19)15(16-13)7-2-3-8-15/h12H,1-11H2,(H,16,18). The topological polar surface area (TPSA) is 58.6 Å². The Morgan fingerprint density at radius 3 is 2.70 bits per heavy atom. The van der Waals surface area contributed by atoms with Crippen LogP contribution in [-0.4, -0.2) is 48.1 Å². The molecule has 3 rings (SSSR count). The van der Waals surface area contributed by atoms with Crippen LogP contribution >= 0.6 is 0 Å². The van der Waals surface area contributed by atoms with Crippen LogP contribution in [0.1, 0.15) is 51.4 Å². The van der Waals surface area contributed by atoms with Crippen molar-refractivity contribution in [1.82, 2.24) is 10.2 Å². The second-order valence-corrected chi connectivity index (χ2v) is 6.34.